The van der Waals surface area contributed by atoms with Crippen molar-refractivity contribution < 1.29 is 8.42 Å². The van der Waals surface area contributed by atoms with Gasteiger partial charge in [-0.25, -0.2) is 13.4 Å². The lowest BCUT2D eigenvalue weighted by Gasteiger charge is -2.17. The SMILES string of the molecule is CN(Cc1cccc(Br)c1)S(=O)(=O)c1cnc(N)c(Cl)c1. The van der Waals surface area contributed by atoms with Crippen LogP contribution in [0.1, 0.15) is 5.56 Å². The molecule has 0 saturated carbocycles. The number of nitrogens with zero attached hydrogens (tertiary/aromatic N) is 2. The van der Waals surface area contributed by atoms with Crippen LogP contribution in [0.5, 0.6) is 0 Å². The van der Waals surface area contributed by atoms with Crippen LogP contribution in [0.2, 0.25) is 5.02 Å². The molecule has 21 heavy (non-hydrogen) atoms. The van der Waals surface area contributed by atoms with Crippen LogP contribution in [0.4, 0.5) is 5.82 Å². The molecule has 0 aliphatic rings. The molecule has 0 unspecified atom stereocenters. The van der Waals surface area contributed by atoms with Gasteiger partial charge in [-0.3, -0.25) is 0 Å². The third kappa shape index (κ3) is 3.74. The number of halogens is 2. The summed E-state index contributed by atoms with van der Waals surface area (Å²) in [6.07, 6.45) is 1.20. The number of rotatable bonds is 4. The molecule has 0 fully saturated rings. The first-order valence-electron chi connectivity index (χ1n) is 5.92. The lowest BCUT2D eigenvalue weighted by Crippen LogP contribution is -2.26. The molecule has 2 aromatic rings. The van der Waals surface area contributed by atoms with E-state index in [9.17, 15) is 8.42 Å². The smallest absolute Gasteiger partial charge is 0.244 e. The third-order valence-electron chi connectivity index (χ3n) is 2.85. The van der Waals surface area contributed by atoms with Gasteiger partial charge in [-0.05, 0) is 23.8 Å². The van der Waals surface area contributed by atoms with Crippen molar-refractivity contribution in [2.24, 2.45) is 0 Å². The van der Waals surface area contributed by atoms with E-state index in [4.69, 9.17) is 17.3 Å². The van der Waals surface area contributed by atoms with Crippen LogP contribution in [0, 0.1) is 0 Å². The Morgan fingerprint density at radius 2 is 2.10 bits per heavy atom. The summed E-state index contributed by atoms with van der Waals surface area (Å²) in [7, 11) is -2.17. The predicted octanol–water partition coefficient (Wildman–Crippen LogP) is 2.90. The number of hydrogen-bond donors (Lipinski definition) is 1. The van der Waals surface area contributed by atoms with E-state index in [2.05, 4.69) is 20.9 Å². The van der Waals surface area contributed by atoms with Gasteiger partial charge in [-0.15, -0.1) is 0 Å². The van der Waals surface area contributed by atoms with E-state index in [1.165, 1.54) is 23.6 Å². The van der Waals surface area contributed by atoms with Crippen molar-refractivity contribution >= 4 is 43.4 Å². The van der Waals surface area contributed by atoms with Gasteiger partial charge in [0, 0.05) is 24.3 Å². The number of hydrogen-bond acceptors (Lipinski definition) is 4. The predicted molar refractivity (Wildman–Crippen MR) is 86.5 cm³/mol. The molecule has 0 aliphatic carbocycles. The molecule has 2 rings (SSSR count). The standard InChI is InChI=1S/C13H13BrClN3O2S/c1-18(8-9-3-2-4-10(14)5-9)21(19,20)11-6-12(15)13(16)17-7-11/h2-7H,8H2,1H3,(H2,16,17). The number of aromatic nitrogens is 1. The first-order valence-corrected chi connectivity index (χ1v) is 8.53. The Morgan fingerprint density at radius 3 is 2.71 bits per heavy atom. The van der Waals surface area contributed by atoms with Crippen molar-refractivity contribution in [2.45, 2.75) is 11.4 Å². The number of nitrogen functional groups attached to an aromatic ring is 1. The Balaban J connectivity index is 2.28. The third-order valence-corrected chi connectivity index (χ3v) is 5.41. The van der Waals surface area contributed by atoms with Crippen LogP contribution >= 0.6 is 27.5 Å². The zero-order valence-corrected chi connectivity index (χ0v) is 14.3. The summed E-state index contributed by atoms with van der Waals surface area (Å²) in [6, 6.07) is 8.74. The first kappa shape index (κ1) is 16.2. The lowest BCUT2D eigenvalue weighted by atomic mass is 10.2. The number of nitrogens with two attached hydrogens (primary N) is 1. The molecular weight excluding hydrogens is 378 g/mol. The second-order valence-electron chi connectivity index (χ2n) is 4.43. The summed E-state index contributed by atoms with van der Waals surface area (Å²) in [6.45, 7) is 0.240. The highest BCUT2D eigenvalue weighted by Gasteiger charge is 2.22. The fourth-order valence-corrected chi connectivity index (χ4v) is 3.54. The normalized spacial score (nSPS) is 11.8. The van der Waals surface area contributed by atoms with Gasteiger partial charge < -0.3 is 5.73 Å². The molecule has 0 aliphatic heterocycles. The van der Waals surface area contributed by atoms with E-state index < -0.39 is 10.0 Å². The van der Waals surface area contributed by atoms with Gasteiger partial charge >= 0.3 is 0 Å². The van der Waals surface area contributed by atoms with Crippen LogP contribution in [0.3, 0.4) is 0 Å². The van der Waals surface area contributed by atoms with Crippen molar-refractivity contribution in [3.05, 3.63) is 51.6 Å². The van der Waals surface area contributed by atoms with Crippen LogP contribution in [0.25, 0.3) is 0 Å². The van der Waals surface area contributed by atoms with E-state index in [-0.39, 0.29) is 22.3 Å². The number of anilines is 1. The molecule has 0 bridgehead atoms. The maximum absolute atomic E-state index is 12.5. The molecule has 2 N–H and O–H groups in total. The highest BCUT2D eigenvalue weighted by atomic mass is 79.9. The first-order chi connectivity index (χ1) is 9.80. The maximum Gasteiger partial charge on any atom is 0.244 e. The van der Waals surface area contributed by atoms with Crippen molar-refractivity contribution in [2.75, 3.05) is 12.8 Å². The van der Waals surface area contributed by atoms with Gasteiger partial charge in [0.2, 0.25) is 10.0 Å². The van der Waals surface area contributed by atoms with Gasteiger partial charge in [-0.1, -0.05) is 39.7 Å². The van der Waals surface area contributed by atoms with Crippen molar-refractivity contribution in [1.29, 1.82) is 0 Å². The van der Waals surface area contributed by atoms with Crippen LogP contribution in [-0.2, 0) is 16.6 Å². The number of sulfonamides is 1. The summed E-state index contributed by atoms with van der Waals surface area (Å²) >= 11 is 9.18. The molecular formula is C13H13BrClN3O2S. The summed E-state index contributed by atoms with van der Waals surface area (Å²) in [5, 5.41) is 0.118. The zero-order chi connectivity index (χ0) is 15.6. The summed E-state index contributed by atoms with van der Waals surface area (Å²) in [4.78, 5) is 3.79. The molecule has 0 radical (unpaired) electrons. The van der Waals surface area contributed by atoms with E-state index in [0.717, 1.165) is 10.0 Å². The van der Waals surface area contributed by atoms with Gasteiger partial charge in [0.1, 0.15) is 10.7 Å². The van der Waals surface area contributed by atoms with Crippen LogP contribution in [0.15, 0.2) is 45.9 Å². The monoisotopic (exact) mass is 389 g/mol. The van der Waals surface area contributed by atoms with Crippen molar-refractivity contribution in [1.82, 2.24) is 9.29 Å². The molecule has 112 valence electrons. The zero-order valence-electron chi connectivity index (χ0n) is 11.1. The van der Waals surface area contributed by atoms with E-state index in [0.29, 0.717) is 0 Å². The minimum Gasteiger partial charge on any atom is -0.382 e. The highest BCUT2D eigenvalue weighted by molar-refractivity contribution is 9.10. The molecule has 1 aromatic carbocycles. The fourth-order valence-electron chi connectivity index (χ4n) is 1.73. The summed E-state index contributed by atoms with van der Waals surface area (Å²) < 4.78 is 27.0. The van der Waals surface area contributed by atoms with E-state index >= 15 is 0 Å². The van der Waals surface area contributed by atoms with Gasteiger partial charge in [-0.2, -0.15) is 4.31 Å². The van der Waals surface area contributed by atoms with Crippen molar-refractivity contribution in [3.8, 4) is 0 Å². The lowest BCUT2D eigenvalue weighted by molar-refractivity contribution is 0.466. The molecule has 0 atom stereocenters. The fraction of sp³-hybridized carbons (Fsp3) is 0.154. The minimum atomic E-state index is -3.67. The minimum absolute atomic E-state index is 0.0131. The van der Waals surface area contributed by atoms with Crippen molar-refractivity contribution in [3.63, 3.8) is 0 Å². The Hall–Kier alpha value is -1.15. The second-order valence-corrected chi connectivity index (χ2v) is 7.80. The quantitative estimate of drug-likeness (QED) is 0.871. The Kier molecular flexibility index (Phi) is 4.88. The summed E-state index contributed by atoms with van der Waals surface area (Å²) in [5.74, 6) is 0.102. The second kappa shape index (κ2) is 6.31. The maximum atomic E-state index is 12.5. The molecule has 1 heterocycles. The Labute approximate surface area is 136 Å². The average Bonchev–Trinajstić information content (AvgIpc) is 2.41. The molecule has 8 heteroatoms. The van der Waals surface area contributed by atoms with E-state index in [1.54, 1.807) is 0 Å². The topological polar surface area (TPSA) is 76.3 Å². The molecule has 0 saturated heterocycles. The number of pyridine rings is 1. The average molecular weight is 391 g/mol. The Morgan fingerprint density at radius 1 is 1.38 bits per heavy atom. The van der Waals surface area contributed by atoms with Crippen LogP contribution < -0.4 is 5.73 Å². The molecule has 1 aromatic heterocycles. The van der Waals surface area contributed by atoms with Gasteiger partial charge in [0.15, 0.2) is 0 Å². The number of benzene rings is 1. The van der Waals surface area contributed by atoms with Crippen LogP contribution in [-0.4, -0.2) is 24.8 Å². The van der Waals surface area contributed by atoms with E-state index in [1.807, 2.05) is 24.3 Å². The largest absolute Gasteiger partial charge is 0.382 e. The Bertz CT molecular complexity index is 768. The van der Waals surface area contributed by atoms with Gasteiger partial charge in [0.05, 0.1) is 5.02 Å². The summed E-state index contributed by atoms with van der Waals surface area (Å²) in [5.41, 5.74) is 6.36. The molecule has 0 amide bonds. The molecule has 5 nitrogen and oxygen atoms in total. The molecule has 0 spiro atoms. The highest BCUT2D eigenvalue weighted by Crippen LogP contribution is 2.23. The van der Waals surface area contributed by atoms with Gasteiger partial charge in [0.25, 0.3) is 0 Å².